The summed E-state index contributed by atoms with van der Waals surface area (Å²) in [4.78, 5) is 9.66. The summed E-state index contributed by atoms with van der Waals surface area (Å²) < 4.78 is 112. The standard InChI is InChI=1S/C32H40F8N8/c1-4-46(17-20-7-5-6-8-20)29-22(13-26-27(34)15-25(33)16-28(26)43-29)19-47(30(41)44-48(42)10-9-45(2)3)18-21-11-23(31(35,36)37)14-24(12-21)32(38,39)40/h11-16,20H,4-10,17-19,42H2,1-3H3,(H2,41,44). The zero-order valence-corrected chi connectivity index (χ0v) is 27.0. The molecule has 2 aromatic carbocycles. The molecule has 1 aliphatic carbocycles. The Morgan fingerprint density at radius 2 is 1.52 bits per heavy atom. The van der Waals surface area contributed by atoms with Gasteiger partial charge in [0.25, 0.3) is 0 Å². The number of guanidine groups is 1. The molecule has 4 rings (SSSR count). The van der Waals surface area contributed by atoms with E-state index in [-0.39, 0.29) is 41.6 Å². The van der Waals surface area contributed by atoms with Crippen molar-refractivity contribution in [3.05, 3.63) is 70.3 Å². The first kappa shape index (κ1) is 36.9. The van der Waals surface area contributed by atoms with Crippen LogP contribution in [0.1, 0.15) is 54.9 Å². The van der Waals surface area contributed by atoms with Gasteiger partial charge in [-0.25, -0.2) is 24.7 Å². The zero-order chi connectivity index (χ0) is 35.4. The fourth-order valence-electron chi connectivity index (χ4n) is 5.79. The van der Waals surface area contributed by atoms with Crippen LogP contribution in [0.5, 0.6) is 0 Å². The maximum atomic E-state index is 15.1. The van der Waals surface area contributed by atoms with Gasteiger partial charge in [-0.05, 0) is 69.6 Å². The monoisotopic (exact) mass is 688 g/mol. The normalized spacial score (nSPS) is 14.7. The molecular weight excluding hydrogens is 648 g/mol. The van der Waals surface area contributed by atoms with Crippen molar-refractivity contribution < 1.29 is 35.1 Å². The number of hydrazine groups is 1. The summed E-state index contributed by atoms with van der Waals surface area (Å²) in [7, 11) is 3.59. The number of anilines is 1. The first-order chi connectivity index (χ1) is 22.4. The van der Waals surface area contributed by atoms with Gasteiger partial charge in [-0.1, -0.05) is 12.8 Å². The molecule has 264 valence electrons. The second kappa shape index (κ2) is 15.1. The van der Waals surface area contributed by atoms with Crippen LogP contribution in [0.3, 0.4) is 0 Å². The highest BCUT2D eigenvalue weighted by atomic mass is 19.4. The van der Waals surface area contributed by atoms with Gasteiger partial charge < -0.3 is 20.4 Å². The first-order valence-electron chi connectivity index (χ1n) is 15.5. The van der Waals surface area contributed by atoms with Gasteiger partial charge in [0.05, 0.1) is 23.2 Å². The number of halogens is 8. The molecule has 0 spiro atoms. The van der Waals surface area contributed by atoms with E-state index in [4.69, 9.17) is 11.6 Å². The van der Waals surface area contributed by atoms with E-state index in [2.05, 4.69) is 10.1 Å². The van der Waals surface area contributed by atoms with Crippen molar-refractivity contribution in [3.63, 3.8) is 0 Å². The van der Waals surface area contributed by atoms with E-state index < -0.39 is 41.7 Å². The lowest BCUT2D eigenvalue weighted by Crippen LogP contribution is -2.42. The van der Waals surface area contributed by atoms with E-state index in [0.717, 1.165) is 36.9 Å². The highest BCUT2D eigenvalue weighted by molar-refractivity contribution is 5.83. The number of nitrogens with zero attached hydrogens (tertiary/aromatic N) is 6. The Kier molecular flexibility index (Phi) is 11.6. The lowest BCUT2D eigenvalue weighted by atomic mass is 10.0. The summed E-state index contributed by atoms with van der Waals surface area (Å²) in [6, 6.07) is 4.52. The Bertz CT molecular complexity index is 1550. The third-order valence-electron chi connectivity index (χ3n) is 8.25. The molecule has 3 aromatic rings. The summed E-state index contributed by atoms with van der Waals surface area (Å²) in [5.41, 5.74) is 3.44. The van der Waals surface area contributed by atoms with Crippen LogP contribution >= 0.6 is 0 Å². The summed E-state index contributed by atoms with van der Waals surface area (Å²) in [5, 5.41) is 5.14. The third kappa shape index (κ3) is 9.58. The van der Waals surface area contributed by atoms with Gasteiger partial charge in [-0.15, -0.1) is 5.10 Å². The van der Waals surface area contributed by atoms with Crippen LogP contribution in [-0.4, -0.2) is 66.1 Å². The fourth-order valence-corrected chi connectivity index (χ4v) is 5.79. The SMILES string of the molecule is CCN(CC1CCCC1)c1nc2cc(F)cc(F)c2cc1CN(Cc1cc(C(F)(F)F)cc(C(F)(F)F)c1)/C(N)=N/N(N)CCN(C)C. The van der Waals surface area contributed by atoms with Crippen LogP contribution in [-0.2, 0) is 25.4 Å². The van der Waals surface area contributed by atoms with E-state index in [1.165, 1.54) is 11.0 Å². The molecule has 4 N–H and O–H groups in total. The number of nitrogens with two attached hydrogens (primary N) is 2. The van der Waals surface area contributed by atoms with Crippen LogP contribution in [0.4, 0.5) is 40.9 Å². The van der Waals surface area contributed by atoms with E-state index in [1.54, 1.807) is 14.1 Å². The van der Waals surface area contributed by atoms with Gasteiger partial charge in [-0.3, -0.25) is 0 Å². The molecule has 1 saturated carbocycles. The van der Waals surface area contributed by atoms with Crippen molar-refractivity contribution >= 4 is 22.7 Å². The predicted molar refractivity (Wildman–Crippen MR) is 168 cm³/mol. The van der Waals surface area contributed by atoms with Crippen LogP contribution < -0.4 is 16.5 Å². The average Bonchev–Trinajstić information content (AvgIpc) is 3.51. The van der Waals surface area contributed by atoms with E-state index in [0.29, 0.717) is 55.1 Å². The highest BCUT2D eigenvalue weighted by Crippen LogP contribution is 2.37. The molecule has 0 bridgehead atoms. The number of hydrazone groups is 1. The minimum Gasteiger partial charge on any atom is -0.368 e. The predicted octanol–water partition coefficient (Wildman–Crippen LogP) is 6.54. The molecule has 0 atom stereocenters. The molecule has 48 heavy (non-hydrogen) atoms. The molecule has 16 heteroatoms. The number of fused-ring (bicyclic) bond motifs is 1. The van der Waals surface area contributed by atoms with Gasteiger partial charge >= 0.3 is 12.4 Å². The smallest absolute Gasteiger partial charge is 0.368 e. The Labute approximate surface area is 273 Å². The molecule has 8 nitrogen and oxygen atoms in total. The topological polar surface area (TPSA) is 90.2 Å². The van der Waals surface area contributed by atoms with Crippen molar-refractivity contribution in [2.75, 3.05) is 45.2 Å². The van der Waals surface area contributed by atoms with E-state index in [1.807, 2.05) is 16.7 Å². The van der Waals surface area contributed by atoms with Crippen LogP contribution in [0, 0.1) is 17.6 Å². The largest absolute Gasteiger partial charge is 0.416 e. The first-order valence-corrected chi connectivity index (χ1v) is 15.5. The van der Waals surface area contributed by atoms with E-state index in [9.17, 15) is 30.7 Å². The minimum absolute atomic E-state index is 0.0209. The lowest BCUT2D eigenvalue weighted by molar-refractivity contribution is -0.143. The number of likely N-dealkylation sites (N-methyl/N-ethyl adjacent to an activating group) is 1. The number of hydrogen-bond donors (Lipinski definition) is 2. The van der Waals surface area contributed by atoms with Crippen LogP contribution in [0.25, 0.3) is 10.9 Å². The summed E-state index contributed by atoms with van der Waals surface area (Å²) in [5.74, 6) is 4.69. The molecular formula is C32H40F8N8. The van der Waals surface area contributed by atoms with Gasteiger partial charge in [0.1, 0.15) is 17.5 Å². The summed E-state index contributed by atoms with van der Waals surface area (Å²) >= 11 is 0. The maximum Gasteiger partial charge on any atom is 0.416 e. The summed E-state index contributed by atoms with van der Waals surface area (Å²) in [6.07, 6.45) is -6.01. The molecule has 1 heterocycles. The van der Waals surface area contributed by atoms with Crippen molar-refractivity contribution in [1.82, 2.24) is 19.9 Å². The third-order valence-corrected chi connectivity index (χ3v) is 8.25. The second-order valence-electron chi connectivity index (χ2n) is 12.3. The quantitative estimate of drug-likeness (QED) is 0.0735. The zero-order valence-electron chi connectivity index (χ0n) is 27.0. The van der Waals surface area contributed by atoms with Gasteiger partial charge in [0.2, 0.25) is 5.96 Å². The van der Waals surface area contributed by atoms with Crippen molar-refractivity contribution in [1.29, 1.82) is 0 Å². The molecule has 1 aromatic heterocycles. The van der Waals surface area contributed by atoms with Crippen molar-refractivity contribution in [2.45, 2.75) is 58.0 Å². The fraction of sp³-hybridized carbons (Fsp3) is 0.500. The Morgan fingerprint density at radius 1 is 0.896 bits per heavy atom. The number of alkyl halides is 6. The Balaban J connectivity index is 1.85. The second-order valence-corrected chi connectivity index (χ2v) is 12.3. The number of hydrogen-bond acceptors (Lipinski definition) is 6. The van der Waals surface area contributed by atoms with Crippen molar-refractivity contribution in [2.24, 2.45) is 22.6 Å². The van der Waals surface area contributed by atoms with Crippen LogP contribution in [0.2, 0.25) is 0 Å². The highest BCUT2D eigenvalue weighted by Gasteiger charge is 2.37. The van der Waals surface area contributed by atoms with Crippen LogP contribution in [0.15, 0.2) is 41.5 Å². The molecule has 0 aliphatic heterocycles. The number of aromatic nitrogens is 1. The molecule has 0 amide bonds. The van der Waals surface area contributed by atoms with Gasteiger partial charge in [-0.2, -0.15) is 26.3 Å². The lowest BCUT2D eigenvalue weighted by Gasteiger charge is -2.31. The van der Waals surface area contributed by atoms with Gasteiger partial charge in [0, 0.05) is 55.8 Å². The minimum atomic E-state index is -5.06. The Morgan fingerprint density at radius 3 is 2.08 bits per heavy atom. The van der Waals surface area contributed by atoms with E-state index >= 15 is 4.39 Å². The maximum absolute atomic E-state index is 15.1. The Hall–Kier alpha value is -3.92. The number of rotatable bonds is 12. The number of benzene rings is 2. The van der Waals surface area contributed by atoms with Crippen molar-refractivity contribution in [3.8, 4) is 0 Å². The van der Waals surface area contributed by atoms with Gasteiger partial charge in [0.15, 0.2) is 0 Å². The molecule has 0 saturated heterocycles. The molecule has 0 radical (unpaired) electrons. The average molecular weight is 689 g/mol. The molecule has 0 unspecified atom stereocenters. The number of pyridine rings is 1. The molecule has 1 fully saturated rings. The molecule has 1 aliphatic rings. The summed E-state index contributed by atoms with van der Waals surface area (Å²) in [6.45, 7) is 2.78.